The summed E-state index contributed by atoms with van der Waals surface area (Å²) in [4.78, 5) is 18.0. The Kier molecular flexibility index (Phi) is 5.58. The van der Waals surface area contributed by atoms with Crippen molar-refractivity contribution in [2.24, 2.45) is 11.7 Å². The molecule has 3 N–H and O–H groups in total. The molecule has 0 bridgehead atoms. The molecule has 0 aromatic carbocycles. The van der Waals surface area contributed by atoms with Gasteiger partial charge in [-0.2, -0.15) is 0 Å². The Bertz CT molecular complexity index is 392. The molecule has 1 aromatic heterocycles. The molecule has 1 amide bonds. The number of nitrogens with one attached hydrogen (secondary N) is 1. The summed E-state index contributed by atoms with van der Waals surface area (Å²) in [6, 6.07) is 1.88. The van der Waals surface area contributed by atoms with Gasteiger partial charge in [-0.3, -0.25) is 9.78 Å². The third kappa shape index (κ3) is 4.00. The summed E-state index contributed by atoms with van der Waals surface area (Å²) in [5.74, 6) is -0.0247. The standard InChI is InChI=1S/C13H22N4O/c1-10(5-4-7-14)13(18)16-11-9-15-8-6-12(11)17(2)3/h6,8-10H,4-5,7,14H2,1-3H3,(H,16,18). The number of nitrogens with two attached hydrogens (primary N) is 1. The van der Waals surface area contributed by atoms with Gasteiger partial charge in [0.25, 0.3) is 0 Å². The molecule has 0 aliphatic carbocycles. The molecule has 18 heavy (non-hydrogen) atoms. The van der Waals surface area contributed by atoms with E-state index in [2.05, 4.69) is 10.3 Å². The summed E-state index contributed by atoms with van der Waals surface area (Å²) in [6.45, 7) is 2.53. The van der Waals surface area contributed by atoms with E-state index in [1.807, 2.05) is 32.0 Å². The first-order valence-corrected chi connectivity index (χ1v) is 6.18. The Labute approximate surface area is 108 Å². The van der Waals surface area contributed by atoms with E-state index in [0.717, 1.165) is 24.2 Å². The number of pyridine rings is 1. The fraction of sp³-hybridized carbons (Fsp3) is 0.538. The second-order valence-corrected chi connectivity index (χ2v) is 4.61. The molecule has 0 fully saturated rings. The molecular weight excluding hydrogens is 228 g/mol. The smallest absolute Gasteiger partial charge is 0.227 e. The number of anilines is 2. The van der Waals surface area contributed by atoms with Crippen LogP contribution in [0.1, 0.15) is 19.8 Å². The topological polar surface area (TPSA) is 71.2 Å². The average Bonchev–Trinajstić information content (AvgIpc) is 2.36. The number of hydrogen-bond acceptors (Lipinski definition) is 4. The molecule has 1 atom stereocenters. The van der Waals surface area contributed by atoms with Gasteiger partial charge in [0, 0.05) is 26.2 Å². The molecule has 0 saturated carbocycles. The van der Waals surface area contributed by atoms with Crippen LogP contribution in [0, 0.1) is 5.92 Å². The van der Waals surface area contributed by atoms with Crippen molar-refractivity contribution in [3.05, 3.63) is 18.5 Å². The highest BCUT2D eigenvalue weighted by molar-refractivity contribution is 5.95. The lowest BCUT2D eigenvalue weighted by molar-refractivity contribution is -0.119. The van der Waals surface area contributed by atoms with Crippen LogP contribution < -0.4 is 16.0 Å². The van der Waals surface area contributed by atoms with Crippen LogP contribution in [0.5, 0.6) is 0 Å². The van der Waals surface area contributed by atoms with Gasteiger partial charge in [-0.1, -0.05) is 6.92 Å². The molecule has 0 aliphatic rings. The van der Waals surface area contributed by atoms with Crippen LogP contribution in [-0.4, -0.2) is 31.5 Å². The molecule has 1 rings (SSSR count). The number of hydrogen-bond donors (Lipinski definition) is 2. The predicted octanol–water partition coefficient (Wildman–Crippen LogP) is 1.46. The van der Waals surface area contributed by atoms with Gasteiger partial charge in [0.05, 0.1) is 17.6 Å². The summed E-state index contributed by atoms with van der Waals surface area (Å²) in [7, 11) is 3.87. The third-order valence-corrected chi connectivity index (χ3v) is 2.83. The maximum absolute atomic E-state index is 12.0. The van der Waals surface area contributed by atoms with Crippen molar-refractivity contribution in [3.8, 4) is 0 Å². The van der Waals surface area contributed by atoms with Crippen LogP contribution in [0.4, 0.5) is 11.4 Å². The Hall–Kier alpha value is -1.62. The van der Waals surface area contributed by atoms with E-state index in [1.165, 1.54) is 0 Å². The number of carbonyl (C=O) groups is 1. The maximum atomic E-state index is 12.0. The third-order valence-electron chi connectivity index (χ3n) is 2.83. The molecule has 0 spiro atoms. The van der Waals surface area contributed by atoms with Gasteiger partial charge in [0.2, 0.25) is 5.91 Å². The zero-order chi connectivity index (χ0) is 13.5. The van der Waals surface area contributed by atoms with Crippen molar-refractivity contribution >= 4 is 17.3 Å². The highest BCUT2D eigenvalue weighted by Crippen LogP contribution is 2.23. The monoisotopic (exact) mass is 250 g/mol. The van der Waals surface area contributed by atoms with E-state index in [-0.39, 0.29) is 11.8 Å². The van der Waals surface area contributed by atoms with Gasteiger partial charge in [0.1, 0.15) is 0 Å². The second-order valence-electron chi connectivity index (χ2n) is 4.61. The minimum Gasteiger partial charge on any atom is -0.376 e. The van der Waals surface area contributed by atoms with Crippen molar-refractivity contribution in [3.63, 3.8) is 0 Å². The van der Waals surface area contributed by atoms with Crippen molar-refractivity contribution in [1.29, 1.82) is 0 Å². The molecule has 1 aromatic rings. The highest BCUT2D eigenvalue weighted by Gasteiger charge is 2.14. The number of amides is 1. The van der Waals surface area contributed by atoms with Crippen molar-refractivity contribution < 1.29 is 4.79 Å². The fourth-order valence-corrected chi connectivity index (χ4v) is 1.68. The van der Waals surface area contributed by atoms with E-state index in [9.17, 15) is 4.79 Å². The van der Waals surface area contributed by atoms with Crippen LogP contribution >= 0.6 is 0 Å². The Morgan fingerprint density at radius 1 is 1.56 bits per heavy atom. The molecule has 5 nitrogen and oxygen atoms in total. The lowest BCUT2D eigenvalue weighted by atomic mass is 10.0. The Morgan fingerprint density at radius 2 is 2.28 bits per heavy atom. The van der Waals surface area contributed by atoms with Crippen LogP contribution in [-0.2, 0) is 4.79 Å². The summed E-state index contributed by atoms with van der Waals surface area (Å²) >= 11 is 0. The first-order valence-electron chi connectivity index (χ1n) is 6.18. The van der Waals surface area contributed by atoms with E-state index < -0.39 is 0 Å². The highest BCUT2D eigenvalue weighted by atomic mass is 16.1. The van der Waals surface area contributed by atoms with Crippen molar-refractivity contribution in [2.45, 2.75) is 19.8 Å². The SMILES string of the molecule is CC(CCCN)C(=O)Nc1cnccc1N(C)C. The quantitative estimate of drug-likeness (QED) is 0.802. The van der Waals surface area contributed by atoms with Crippen LogP contribution in [0.3, 0.4) is 0 Å². The first-order chi connectivity index (χ1) is 8.56. The zero-order valence-electron chi connectivity index (χ0n) is 11.3. The number of carbonyl (C=O) groups excluding carboxylic acids is 1. The summed E-state index contributed by atoms with van der Waals surface area (Å²) in [6.07, 6.45) is 5.05. The largest absolute Gasteiger partial charge is 0.376 e. The van der Waals surface area contributed by atoms with Crippen LogP contribution in [0.2, 0.25) is 0 Å². The number of nitrogens with zero attached hydrogens (tertiary/aromatic N) is 2. The lowest BCUT2D eigenvalue weighted by Gasteiger charge is -2.18. The molecule has 100 valence electrons. The molecule has 5 heteroatoms. The maximum Gasteiger partial charge on any atom is 0.227 e. The van der Waals surface area contributed by atoms with Gasteiger partial charge < -0.3 is 16.0 Å². The molecule has 0 aliphatic heterocycles. The molecular formula is C13H22N4O. The van der Waals surface area contributed by atoms with Crippen LogP contribution in [0.15, 0.2) is 18.5 Å². The number of rotatable bonds is 6. The van der Waals surface area contributed by atoms with Gasteiger partial charge in [-0.05, 0) is 25.5 Å². The normalized spacial score (nSPS) is 12.0. The Morgan fingerprint density at radius 3 is 2.89 bits per heavy atom. The molecule has 1 unspecified atom stereocenters. The predicted molar refractivity (Wildman–Crippen MR) is 74.6 cm³/mol. The minimum atomic E-state index is -0.0382. The van der Waals surface area contributed by atoms with Gasteiger partial charge in [-0.15, -0.1) is 0 Å². The van der Waals surface area contributed by atoms with Crippen LogP contribution in [0.25, 0.3) is 0 Å². The van der Waals surface area contributed by atoms with E-state index >= 15 is 0 Å². The fourth-order valence-electron chi connectivity index (χ4n) is 1.68. The van der Waals surface area contributed by atoms with E-state index in [0.29, 0.717) is 6.54 Å². The summed E-state index contributed by atoms with van der Waals surface area (Å²) < 4.78 is 0. The average molecular weight is 250 g/mol. The number of aromatic nitrogens is 1. The van der Waals surface area contributed by atoms with Gasteiger partial charge in [0.15, 0.2) is 0 Å². The van der Waals surface area contributed by atoms with Gasteiger partial charge >= 0.3 is 0 Å². The minimum absolute atomic E-state index is 0.0135. The van der Waals surface area contributed by atoms with Gasteiger partial charge in [-0.25, -0.2) is 0 Å². The van der Waals surface area contributed by atoms with Crippen molar-refractivity contribution in [2.75, 3.05) is 30.9 Å². The summed E-state index contributed by atoms with van der Waals surface area (Å²) in [5.41, 5.74) is 7.14. The van der Waals surface area contributed by atoms with E-state index in [1.54, 1.807) is 12.4 Å². The Balaban J connectivity index is 2.69. The van der Waals surface area contributed by atoms with E-state index in [4.69, 9.17) is 5.73 Å². The second kappa shape index (κ2) is 6.96. The molecule has 0 saturated heterocycles. The first kappa shape index (κ1) is 14.4. The molecule has 1 heterocycles. The summed E-state index contributed by atoms with van der Waals surface area (Å²) in [5, 5.41) is 2.92. The molecule has 0 radical (unpaired) electrons. The zero-order valence-corrected chi connectivity index (χ0v) is 11.3. The lowest BCUT2D eigenvalue weighted by Crippen LogP contribution is -2.23. The van der Waals surface area contributed by atoms with Crippen molar-refractivity contribution in [1.82, 2.24) is 4.98 Å².